The number of amidine groups is 1. The van der Waals surface area contributed by atoms with Gasteiger partial charge in [0.1, 0.15) is 5.41 Å². The molecule has 2 aliphatic rings. The molecule has 1 aromatic carbocycles. The average molecular weight is 291 g/mol. The summed E-state index contributed by atoms with van der Waals surface area (Å²) in [6.45, 7) is 0.577. The Balaban J connectivity index is 1.66. The van der Waals surface area contributed by atoms with Crippen LogP contribution in [0.1, 0.15) is 24.8 Å². The van der Waals surface area contributed by atoms with E-state index in [4.69, 9.17) is 20.4 Å². The molecule has 1 aliphatic heterocycles. The number of amides is 1. The summed E-state index contributed by atoms with van der Waals surface area (Å²) in [4.78, 5) is 12.3. The van der Waals surface area contributed by atoms with Gasteiger partial charge in [-0.3, -0.25) is 4.79 Å². The smallest absolute Gasteiger partial charge is 0.234 e. The van der Waals surface area contributed by atoms with Crippen LogP contribution in [0.25, 0.3) is 0 Å². The maximum absolute atomic E-state index is 12.3. The van der Waals surface area contributed by atoms with Crippen LogP contribution >= 0.6 is 0 Å². The monoisotopic (exact) mass is 291 g/mol. The molecule has 21 heavy (non-hydrogen) atoms. The topological polar surface area (TPSA) is 106 Å². The van der Waals surface area contributed by atoms with Crippen LogP contribution in [0.5, 0.6) is 11.5 Å². The fourth-order valence-electron chi connectivity index (χ4n) is 2.63. The van der Waals surface area contributed by atoms with Gasteiger partial charge in [0, 0.05) is 6.54 Å². The third-order valence-electron chi connectivity index (χ3n) is 4.13. The number of ether oxygens (including phenoxy) is 2. The molecule has 1 heterocycles. The Morgan fingerprint density at radius 1 is 1.38 bits per heavy atom. The minimum Gasteiger partial charge on any atom is -0.454 e. The van der Waals surface area contributed by atoms with E-state index in [2.05, 4.69) is 10.5 Å². The largest absolute Gasteiger partial charge is 0.454 e. The van der Waals surface area contributed by atoms with Crippen molar-refractivity contribution in [1.29, 1.82) is 0 Å². The van der Waals surface area contributed by atoms with E-state index >= 15 is 0 Å². The second-order valence-corrected chi connectivity index (χ2v) is 5.29. The molecule has 4 N–H and O–H groups in total. The highest BCUT2D eigenvalue weighted by molar-refractivity contribution is 6.07. The van der Waals surface area contributed by atoms with Crippen LogP contribution in [0.2, 0.25) is 0 Å². The predicted octanol–water partition coefficient (Wildman–Crippen LogP) is 0.948. The molecule has 1 aliphatic carbocycles. The van der Waals surface area contributed by atoms with Crippen molar-refractivity contribution in [2.24, 2.45) is 16.3 Å². The molecular weight excluding hydrogens is 274 g/mol. The second-order valence-electron chi connectivity index (χ2n) is 5.29. The number of oxime groups is 1. The minimum absolute atomic E-state index is 0.0167. The summed E-state index contributed by atoms with van der Waals surface area (Å²) in [6, 6.07) is 5.51. The third kappa shape index (κ3) is 2.24. The number of nitrogens with two attached hydrogens (primary N) is 1. The van der Waals surface area contributed by atoms with Crippen LogP contribution in [0.4, 0.5) is 0 Å². The molecule has 0 atom stereocenters. The Hall–Kier alpha value is -2.44. The first-order chi connectivity index (χ1) is 10.2. The summed E-state index contributed by atoms with van der Waals surface area (Å²) in [5.74, 6) is 1.16. The van der Waals surface area contributed by atoms with Crippen LogP contribution in [-0.4, -0.2) is 23.7 Å². The van der Waals surface area contributed by atoms with Gasteiger partial charge >= 0.3 is 0 Å². The lowest BCUT2D eigenvalue weighted by atomic mass is 9.67. The normalized spacial score (nSPS) is 19.0. The van der Waals surface area contributed by atoms with Gasteiger partial charge in [-0.05, 0) is 30.5 Å². The van der Waals surface area contributed by atoms with E-state index in [1.165, 1.54) is 0 Å². The van der Waals surface area contributed by atoms with Gasteiger partial charge in [0.05, 0.1) is 0 Å². The Morgan fingerprint density at radius 3 is 2.81 bits per heavy atom. The maximum atomic E-state index is 12.3. The van der Waals surface area contributed by atoms with Gasteiger partial charge in [0.15, 0.2) is 17.3 Å². The zero-order valence-electron chi connectivity index (χ0n) is 11.5. The lowest BCUT2D eigenvalue weighted by Gasteiger charge is -2.38. The number of carbonyl (C=O) groups is 1. The Bertz CT molecular complexity index is 596. The molecule has 1 amide bonds. The Morgan fingerprint density at radius 2 is 2.14 bits per heavy atom. The zero-order valence-corrected chi connectivity index (χ0v) is 11.5. The summed E-state index contributed by atoms with van der Waals surface area (Å²) in [7, 11) is 0. The number of nitrogens with zero attached hydrogens (tertiary/aromatic N) is 1. The molecule has 0 spiro atoms. The van der Waals surface area contributed by atoms with Crippen LogP contribution in [-0.2, 0) is 11.3 Å². The van der Waals surface area contributed by atoms with Crippen molar-refractivity contribution in [2.45, 2.75) is 25.8 Å². The highest BCUT2D eigenvalue weighted by atomic mass is 16.7. The van der Waals surface area contributed by atoms with Gasteiger partial charge in [0.2, 0.25) is 12.7 Å². The number of carbonyl (C=O) groups excluding carboxylic acids is 1. The number of benzene rings is 1. The van der Waals surface area contributed by atoms with Gasteiger partial charge < -0.3 is 25.7 Å². The Labute approximate surface area is 121 Å². The van der Waals surface area contributed by atoms with Crippen molar-refractivity contribution in [3.05, 3.63) is 23.8 Å². The summed E-state index contributed by atoms with van der Waals surface area (Å²) < 4.78 is 10.5. The highest BCUT2D eigenvalue weighted by Gasteiger charge is 2.48. The predicted molar refractivity (Wildman–Crippen MR) is 74.1 cm³/mol. The van der Waals surface area contributed by atoms with Gasteiger partial charge in [-0.1, -0.05) is 17.6 Å². The molecule has 7 heteroatoms. The molecule has 0 aromatic heterocycles. The third-order valence-corrected chi connectivity index (χ3v) is 4.13. The lowest BCUT2D eigenvalue weighted by molar-refractivity contribution is -0.131. The van der Waals surface area contributed by atoms with E-state index in [0.717, 1.165) is 12.0 Å². The second kappa shape index (κ2) is 5.16. The summed E-state index contributed by atoms with van der Waals surface area (Å²) in [6.07, 6.45) is 2.11. The zero-order chi connectivity index (χ0) is 14.9. The van der Waals surface area contributed by atoms with E-state index in [1.54, 1.807) is 0 Å². The van der Waals surface area contributed by atoms with Gasteiger partial charge in [0.25, 0.3) is 0 Å². The molecule has 3 rings (SSSR count). The van der Waals surface area contributed by atoms with Crippen molar-refractivity contribution in [1.82, 2.24) is 5.32 Å². The average Bonchev–Trinajstić information content (AvgIpc) is 2.91. The van der Waals surface area contributed by atoms with Gasteiger partial charge in [-0.25, -0.2) is 0 Å². The van der Waals surface area contributed by atoms with Crippen molar-refractivity contribution in [3.8, 4) is 11.5 Å². The van der Waals surface area contributed by atoms with E-state index in [0.29, 0.717) is 30.9 Å². The SMILES string of the molecule is N/C(=N/O)C1(C(=O)NCc2ccc3c(c2)OCO3)CCC1. The van der Waals surface area contributed by atoms with Gasteiger partial charge in [-0.15, -0.1) is 0 Å². The molecule has 1 saturated carbocycles. The number of hydrogen-bond donors (Lipinski definition) is 3. The number of nitrogens with one attached hydrogen (secondary N) is 1. The fourth-order valence-corrected chi connectivity index (χ4v) is 2.63. The molecule has 0 unspecified atom stereocenters. The molecule has 0 radical (unpaired) electrons. The van der Waals surface area contributed by atoms with E-state index in [9.17, 15) is 4.79 Å². The first-order valence-corrected chi connectivity index (χ1v) is 6.80. The molecule has 112 valence electrons. The molecule has 7 nitrogen and oxygen atoms in total. The van der Waals surface area contributed by atoms with Crippen LogP contribution < -0.4 is 20.5 Å². The Kier molecular flexibility index (Phi) is 3.32. The van der Waals surface area contributed by atoms with Crippen LogP contribution in [0, 0.1) is 5.41 Å². The lowest BCUT2D eigenvalue weighted by Crippen LogP contribution is -2.53. The van der Waals surface area contributed by atoms with Crippen molar-refractivity contribution in [2.75, 3.05) is 6.79 Å². The number of rotatable bonds is 4. The summed E-state index contributed by atoms with van der Waals surface area (Å²) >= 11 is 0. The van der Waals surface area contributed by atoms with Crippen LogP contribution in [0.3, 0.4) is 0 Å². The van der Waals surface area contributed by atoms with Crippen molar-refractivity contribution >= 4 is 11.7 Å². The molecule has 0 bridgehead atoms. The van der Waals surface area contributed by atoms with E-state index in [1.807, 2.05) is 18.2 Å². The molecule has 1 aromatic rings. The highest BCUT2D eigenvalue weighted by Crippen LogP contribution is 2.41. The first-order valence-electron chi connectivity index (χ1n) is 6.80. The molecule has 1 fully saturated rings. The van der Waals surface area contributed by atoms with E-state index < -0.39 is 5.41 Å². The van der Waals surface area contributed by atoms with Gasteiger partial charge in [-0.2, -0.15) is 0 Å². The first kappa shape index (κ1) is 13.5. The fraction of sp³-hybridized carbons (Fsp3) is 0.429. The number of fused-ring (bicyclic) bond motifs is 1. The molecule has 0 saturated heterocycles. The quantitative estimate of drug-likeness (QED) is 0.331. The van der Waals surface area contributed by atoms with E-state index in [-0.39, 0.29) is 18.5 Å². The van der Waals surface area contributed by atoms with Crippen LogP contribution in [0.15, 0.2) is 23.4 Å². The molecular formula is C14H17N3O4. The van der Waals surface area contributed by atoms with Crippen molar-refractivity contribution in [3.63, 3.8) is 0 Å². The summed E-state index contributed by atoms with van der Waals surface area (Å²) in [5, 5.41) is 14.7. The minimum atomic E-state index is -0.856. The summed E-state index contributed by atoms with van der Waals surface area (Å²) in [5.41, 5.74) is 5.71. The van der Waals surface area contributed by atoms with Crippen molar-refractivity contribution < 1.29 is 19.5 Å². The standard InChI is InChI=1S/C14H17N3O4/c15-12(17-19)14(4-1-5-14)13(18)16-7-9-2-3-10-11(6-9)21-8-20-10/h2-3,6,19H,1,4-5,7-8H2,(H2,15,17)(H,16,18). The maximum Gasteiger partial charge on any atom is 0.234 e. The number of hydrogen-bond acceptors (Lipinski definition) is 5.